The number of amides is 1. The molecule has 0 bridgehead atoms. The van der Waals surface area contributed by atoms with Crippen LogP contribution >= 0.6 is 0 Å². The molecule has 118 valence electrons. The molecule has 5 heteroatoms. The van der Waals surface area contributed by atoms with Crippen molar-refractivity contribution >= 4 is 5.91 Å². The number of nitrogens with zero attached hydrogens (tertiary/aromatic N) is 1. The highest BCUT2D eigenvalue weighted by Gasteiger charge is 2.25. The van der Waals surface area contributed by atoms with E-state index in [1.54, 1.807) is 17.0 Å². The van der Waals surface area contributed by atoms with E-state index < -0.39 is 5.82 Å². The Balaban J connectivity index is 1.61. The number of ether oxygens (including phenoxy) is 2. The van der Waals surface area contributed by atoms with E-state index in [9.17, 15) is 9.18 Å². The van der Waals surface area contributed by atoms with Gasteiger partial charge >= 0.3 is 0 Å². The van der Waals surface area contributed by atoms with Crippen molar-refractivity contribution in [3.8, 4) is 11.5 Å². The molecule has 0 N–H and O–H groups in total. The van der Waals surface area contributed by atoms with Crippen LogP contribution in [0.3, 0.4) is 0 Å². The van der Waals surface area contributed by atoms with Gasteiger partial charge in [0.1, 0.15) is 19.0 Å². The largest absolute Gasteiger partial charge is 0.486 e. The molecular formula is C18H16FNO3. The monoisotopic (exact) mass is 313 g/mol. The van der Waals surface area contributed by atoms with Crippen LogP contribution in [0, 0.1) is 5.82 Å². The molecule has 2 aromatic carbocycles. The van der Waals surface area contributed by atoms with Crippen LogP contribution in [-0.2, 0) is 13.0 Å². The molecule has 2 aliphatic heterocycles. The van der Waals surface area contributed by atoms with Crippen molar-refractivity contribution < 1.29 is 18.7 Å². The first-order valence-corrected chi connectivity index (χ1v) is 7.67. The summed E-state index contributed by atoms with van der Waals surface area (Å²) in [5.74, 6) is 0.730. The summed E-state index contributed by atoms with van der Waals surface area (Å²) < 4.78 is 25.0. The summed E-state index contributed by atoms with van der Waals surface area (Å²) in [6, 6.07) is 10.0. The van der Waals surface area contributed by atoms with E-state index in [0.717, 1.165) is 29.0 Å². The lowest BCUT2D eigenvalue weighted by atomic mass is 9.98. The molecule has 4 rings (SSSR count). The molecule has 0 saturated heterocycles. The van der Waals surface area contributed by atoms with Gasteiger partial charge in [0.15, 0.2) is 11.5 Å². The molecule has 0 atom stereocenters. The standard InChI is InChI=1S/C18H16FNO3/c19-15-4-2-1-3-14(15)18(21)20-6-5-12-9-16-17(10-13(12)11-20)23-8-7-22-16/h1-4,9-10H,5-8,11H2. The molecular weight excluding hydrogens is 297 g/mol. The van der Waals surface area contributed by atoms with Crippen LogP contribution in [-0.4, -0.2) is 30.6 Å². The minimum Gasteiger partial charge on any atom is -0.486 e. The molecule has 0 spiro atoms. The van der Waals surface area contributed by atoms with Gasteiger partial charge in [0.2, 0.25) is 0 Å². The average Bonchev–Trinajstić information content (AvgIpc) is 2.59. The van der Waals surface area contributed by atoms with Gasteiger partial charge in [-0.15, -0.1) is 0 Å². The summed E-state index contributed by atoms with van der Waals surface area (Å²) in [5, 5.41) is 0. The van der Waals surface area contributed by atoms with Gasteiger partial charge in [-0.05, 0) is 41.8 Å². The Hall–Kier alpha value is -2.56. The minimum atomic E-state index is -0.481. The quantitative estimate of drug-likeness (QED) is 0.812. The predicted octanol–water partition coefficient (Wildman–Crippen LogP) is 2.80. The van der Waals surface area contributed by atoms with E-state index in [-0.39, 0.29) is 11.5 Å². The van der Waals surface area contributed by atoms with Gasteiger partial charge in [-0.1, -0.05) is 12.1 Å². The summed E-state index contributed by atoms with van der Waals surface area (Å²) in [6.07, 6.45) is 0.728. The van der Waals surface area contributed by atoms with Gasteiger partial charge in [0, 0.05) is 13.1 Å². The third-order valence-corrected chi connectivity index (χ3v) is 4.27. The lowest BCUT2D eigenvalue weighted by Crippen LogP contribution is -2.36. The zero-order valence-electron chi connectivity index (χ0n) is 12.5. The maximum Gasteiger partial charge on any atom is 0.257 e. The van der Waals surface area contributed by atoms with Crippen molar-refractivity contribution in [3.05, 3.63) is 58.9 Å². The molecule has 0 fully saturated rings. The maximum absolute atomic E-state index is 13.8. The highest BCUT2D eigenvalue weighted by Crippen LogP contribution is 2.35. The molecule has 2 heterocycles. The number of carbonyl (C=O) groups excluding carboxylic acids is 1. The van der Waals surface area contributed by atoms with Crippen LogP contribution in [0.4, 0.5) is 4.39 Å². The smallest absolute Gasteiger partial charge is 0.257 e. The number of fused-ring (bicyclic) bond motifs is 2. The summed E-state index contributed by atoms with van der Waals surface area (Å²) >= 11 is 0. The Bertz CT molecular complexity index is 775. The summed E-state index contributed by atoms with van der Waals surface area (Å²) in [5.41, 5.74) is 2.31. The van der Waals surface area contributed by atoms with Gasteiger partial charge in [-0.3, -0.25) is 4.79 Å². The minimum absolute atomic E-state index is 0.119. The molecule has 0 aromatic heterocycles. The zero-order chi connectivity index (χ0) is 15.8. The third kappa shape index (κ3) is 2.52. The number of carbonyl (C=O) groups is 1. The Labute approximate surface area is 133 Å². The topological polar surface area (TPSA) is 38.8 Å². The predicted molar refractivity (Wildman–Crippen MR) is 82.3 cm³/mol. The molecule has 2 aliphatic rings. The third-order valence-electron chi connectivity index (χ3n) is 4.27. The Kier molecular flexibility index (Phi) is 3.41. The second kappa shape index (κ2) is 5.57. The first kappa shape index (κ1) is 14.1. The number of benzene rings is 2. The van der Waals surface area contributed by atoms with Crippen molar-refractivity contribution in [2.24, 2.45) is 0 Å². The Morgan fingerprint density at radius 1 is 1.04 bits per heavy atom. The van der Waals surface area contributed by atoms with Gasteiger partial charge in [0.05, 0.1) is 5.56 Å². The average molecular weight is 313 g/mol. The first-order chi connectivity index (χ1) is 11.2. The van der Waals surface area contributed by atoms with Crippen LogP contribution < -0.4 is 9.47 Å². The van der Waals surface area contributed by atoms with Gasteiger partial charge < -0.3 is 14.4 Å². The summed E-state index contributed by atoms with van der Waals surface area (Å²) in [4.78, 5) is 14.2. The normalized spacial score (nSPS) is 16.0. The van der Waals surface area contributed by atoms with E-state index in [0.29, 0.717) is 26.3 Å². The second-order valence-electron chi connectivity index (χ2n) is 5.72. The van der Waals surface area contributed by atoms with Crippen molar-refractivity contribution in [1.29, 1.82) is 0 Å². The molecule has 0 saturated carbocycles. The van der Waals surface area contributed by atoms with Crippen molar-refractivity contribution in [3.63, 3.8) is 0 Å². The van der Waals surface area contributed by atoms with Crippen LogP contribution in [0.15, 0.2) is 36.4 Å². The number of hydrogen-bond acceptors (Lipinski definition) is 3. The zero-order valence-corrected chi connectivity index (χ0v) is 12.5. The van der Waals surface area contributed by atoms with E-state index >= 15 is 0 Å². The lowest BCUT2D eigenvalue weighted by molar-refractivity contribution is 0.0729. The van der Waals surface area contributed by atoms with Crippen LogP contribution in [0.2, 0.25) is 0 Å². The molecule has 23 heavy (non-hydrogen) atoms. The molecule has 0 radical (unpaired) electrons. The molecule has 0 unspecified atom stereocenters. The summed E-state index contributed by atoms with van der Waals surface area (Å²) in [7, 11) is 0. The van der Waals surface area contributed by atoms with Gasteiger partial charge in [-0.2, -0.15) is 0 Å². The Morgan fingerprint density at radius 3 is 2.48 bits per heavy atom. The van der Waals surface area contributed by atoms with Gasteiger partial charge in [0.25, 0.3) is 5.91 Å². The molecule has 0 aliphatic carbocycles. The SMILES string of the molecule is O=C(c1ccccc1F)N1CCc2cc3c(cc2C1)OCCO3. The number of rotatable bonds is 1. The van der Waals surface area contributed by atoms with Crippen molar-refractivity contribution in [2.45, 2.75) is 13.0 Å². The molecule has 4 nitrogen and oxygen atoms in total. The van der Waals surface area contributed by atoms with E-state index in [4.69, 9.17) is 9.47 Å². The van der Waals surface area contributed by atoms with Crippen LogP contribution in [0.5, 0.6) is 11.5 Å². The van der Waals surface area contributed by atoms with E-state index in [1.807, 2.05) is 12.1 Å². The number of hydrogen-bond donors (Lipinski definition) is 0. The fourth-order valence-corrected chi connectivity index (χ4v) is 3.07. The fourth-order valence-electron chi connectivity index (χ4n) is 3.07. The fraction of sp³-hybridized carbons (Fsp3) is 0.278. The number of halogens is 1. The highest BCUT2D eigenvalue weighted by molar-refractivity contribution is 5.94. The first-order valence-electron chi connectivity index (χ1n) is 7.67. The highest BCUT2D eigenvalue weighted by atomic mass is 19.1. The van der Waals surface area contributed by atoms with Crippen molar-refractivity contribution in [1.82, 2.24) is 4.90 Å². The van der Waals surface area contributed by atoms with Crippen molar-refractivity contribution in [2.75, 3.05) is 19.8 Å². The van der Waals surface area contributed by atoms with E-state index in [2.05, 4.69) is 0 Å². The molecule has 1 amide bonds. The van der Waals surface area contributed by atoms with Crippen LogP contribution in [0.1, 0.15) is 21.5 Å². The lowest BCUT2D eigenvalue weighted by Gasteiger charge is -2.30. The summed E-state index contributed by atoms with van der Waals surface area (Å²) in [6.45, 7) is 2.12. The molecule has 2 aromatic rings. The van der Waals surface area contributed by atoms with Crippen LogP contribution in [0.25, 0.3) is 0 Å². The maximum atomic E-state index is 13.8. The second-order valence-corrected chi connectivity index (χ2v) is 5.72. The Morgan fingerprint density at radius 2 is 1.74 bits per heavy atom. The van der Waals surface area contributed by atoms with E-state index in [1.165, 1.54) is 12.1 Å². The van der Waals surface area contributed by atoms with Gasteiger partial charge in [-0.25, -0.2) is 4.39 Å².